The Balaban J connectivity index is 2.19. The van der Waals surface area contributed by atoms with E-state index in [2.05, 4.69) is 10.1 Å². The Morgan fingerprint density at radius 2 is 2.10 bits per heavy atom. The average molecular weight is 292 g/mol. The molecule has 1 N–H and O–H groups in total. The molecular weight excluding hydrogens is 280 g/mol. The number of rotatable bonds is 5. The molecular formula is C13H12N2O4S. The van der Waals surface area contributed by atoms with Crippen LogP contribution < -0.4 is 5.32 Å². The lowest BCUT2D eigenvalue weighted by Crippen LogP contribution is -1.99. The standard InChI is InChI=1S/C13H12N2O4S/c1-19-13(16)11-7-10(15(17)18)12(20-11)14-8-9-5-3-2-4-6-9/h2-7,14H,8H2,1H3. The molecule has 0 aliphatic heterocycles. The molecule has 0 atom stereocenters. The SMILES string of the molecule is COC(=O)c1cc([N+](=O)[O-])c(NCc2ccccc2)s1. The number of ether oxygens (including phenoxy) is 1. The maximum absolute atomic E-state index is 11.4. The summed E-state index contributed by atoms with van der Waals surface area (Å²) in [5.41, 5.74) is 0.876. The van der Waals surface area contributed by atoms with Crippen molar-refractivity contribution in [3.8, 4) is 0 Å². The van der Waals surface area contributed by atoms with Crippen LogP contribution in [0.3, 0.4) is 0 Å². The molecule has 0 bridgehead atoms. The van der Waals surface area contributed by atoms with Gasteiger partial charge in [-0.15, -0.1) is 11.3 Å². The molecule has 0 amide bonds. The molecule has 1 aromatic carbocycles. The molecule has 2 rings (SSSR count). The average Bonchev–Trinajstić information content (AvgIpc) is 2.90. The maximum Gasteiger partial charge on any atom is 0.348 e. The second kappa shape index (κ2) is 6.16. The summed E-state index contributed by atoms with van der Waals surface area (Å²) in [7, 11) is 1.24. The monoisotopic (exact) mass is 292 g/mol. The van der Waals surface area contributed by atoms with E-state index in [-0.39, 0.29) is 10.6 Å². The van der Waals surface area contributed by atoms with Crippen molar-refractivity contribution < 1.29 is 14.5 Å². The van der Waals surface area contributed by atoms with E-state index in [1.54, 1.807) is 0 Å². The molecule has 0 spiro atoms. The minimum absolute atomic E-state index is 0.119. The fourth-order valence-corrected chi connectivity index (χ4v) is 2.56. The molecule has 0 fully saturated rings. The fraction of sp³-hybridized carbons (Fsp3) is 0.154. The van der Waals surface area contributed by atoms with Crippen LogP contribution in [0.4, 0.5) is 10.7 Å². The highest BCUT2D eigenvalue weighted by molar-refractivity contribution is 7.18. The Bertz CT molecular complexity index is 625. The smallest absolute Gasteiger partial charge is 0.348 e. The molecule has 1 aromatic heterocycles. The zero-order valence-electron chi connectivity index (χ0n) is 10.7. The van der Waals surface area contributed by atoms with Crippen molar-refractivity contribution in [2.24, 2.45) is 0 Å². The van der Waals surface area contributed by atoms with E-state index in [0.29, 0.717) is 11.5 Å². The maximum atomic E-state index is 11.4. The predicted molar refractivity (Wildman–Crippen MR) is 76.1 cm³/mol. The highest BCUT2D eigenvalue weighted by atomic mass is 32.1. The van der Waals surface area contributed by atoms with Crippen molar-refractivity contribution in [3.05, 3.63) is 57.0 Å². The van der Waals surface area contributed by atoms with Crippen LogP contribution in [0, 0.1) is 10.1 Å². The van der Waals surface area contributed by atoms with Crippen LogP contribution in [-0.2, 0) is 11.3 Å². The van der Waals surface area contributed by atoms with Crippen molar-refractivity contribution >= 4 is 28.0 Å². The van der Waals surface area contributed by atoms with Gasteiger partial charge in [0.2, 0.25) is 0 Å². The second-order valence-electron chi connectivity index (χ2n) is 3.91. The minimum Gasteiger partial charge on any atom is -0.465 e. The third-order valence-electron chi connectivity index (χ3n) is 2.59. The molecule has 6 nitrogen and oxygen atoms in total. The van der Waals surface area contributed by atoms with Crippen molar-refractivity contribution in [3.63, 3.8) is 0 Å². The van der Waals surface area contributed by atoms with Crippen LogP contribution >= 0.6 is 11.3 Å². The number of anilines is 1. The Kier molecular flexibility index (Phi) is 4.31. The molecule has 1 heterocycles. The summed E-state index contributed by atoms with van der Waals surface area (Å²) in [4.78, 5) is 22.1. The van der Waals surface area contributed by atoms with Gasteiger partial charge in [-0.3, -0.25) is 10.1 Å². The molecule has 7 heteroatoms. The van der Waals surface area contributed by atoms with Gasteiger partial charge in [-0.05, 0) is 5.56 Å². The van der Waals surface area contributed by atoms with Crippen LogP contribution in [0.25, 0.3) is 0 Å². The molecule has 20 heavy (non-hydrogen) atoms. The van der Waals surface area contributed by atoms with E-state index in [1.165, 1.54) is 13.2 Å². The minimum atomic E-state index is -0.578. The lowest BCUT2D eigenvalue weighted by Gasteiger charge is -2.03. The van der Waals surface area contributed by atoms with E-state index < -0.39 is 10.9 Å². The number of hydrogen-bond donors (Lipinski definition) is 1. The number of benzene rings is 1. The summed E-state index contributed by atoms with van der Waals surface area (Å²) in [6, 6.07) is 10.7. The van der Waals surface area contributed by atoms with Gasteiger partial charge in [0.1, 0.15) is 4.88 Å². The second-order valence-corrected chi connectivity index (χ2v) is 4.97. The molecule has 0 aliphatic carbocycles. The Hall–Kier alpha value is -2.41. The van der Waals surface area contributed by atoms with Gasteiger partial charge in [-0.25, -0.2) is 4.79 Å². The number of esters is 1. The van der Waals surface area contributed by atoms with Crippen LogP contribution in [0.5, 0.6) is 0 Å². The summed E-state index contributed by atoms with van der Waals surface area (Å²) in [5.74, 6) is -0.578. The van der Waals surface area contributed by atoms with Gasteiger partial charge in [-0.2, -0.15) is 0 Å². The Morgan fingerprint density at radius 3 is 2.70 bits per heavy atom. The number of nitro groups is 1. The summed E-state index contributed by atoms with van der Waals surface area (Å²) in [6.45, 7) is 0.447. The molecule has 0 saturated carbocycles. The Labute approximate surface area is 119 Å². The predicted octanol–water partition coefficient (Wildman–Crippen LogP) is 3.06. The van der Waals surface area contributed by atoms with Gasteiger partial charge in [0, 0.05) is 12.6 Å². The summed E-state index contributed by atoms with van der Waals surface area (Å²) in [6.07, 6.45) is 0. The molecule has 0 unspecified atom stereocenters. The van der Waals surface area contributed by atoms with Crippen molar-refractivity contribution in [1.29, 1.82) is 0 Å². The highest BCUT2D eigenvalue weighted by Gasteiger charge is 2.22. The summed E-state index contributed by atoms with van der Waals surface area (Å²) in [5, 5.41) is 14.3. The Morgan fingerprint density at radius 1 is 1.40 bits per heavy atom. The number of methoxy groups -OCH3 is 1. The zero-order valence-corrected chi connectivity index (χ0v) is 11.5. The quantitative estimate of drug-likeness (QED) is 0.520. The number of thiophene rings is 1. The first-order chi connectivity index (χ1) is 9.61. The van der Waals surface area contributed by atoms with Crippen molar-refractivity contribution in [2.45, 2.75) is 6.54 Å². The fourth-order valence-electron chi connectivity index (χ4n) is 1.62. The first-order valence-corrected chi connectivity index (χ1v) is 6.58. The number of hydrogen-bond acceptors (Lipinski definition) is 6. The van der Waals surface area contributed by atoms with Crippen LogP contribution in [0.1, 0.15) is 15.2 Å². The van der Waals surface area contributed by atoms with Gasteiger partial charge in [0.15, 0.2) is 5.00 Å². The molecule has 2 aromatic rings. The van der Waals surface area contributed by atoms with Gasteiger partial charge >= 0.3 is 11.7 Å². The number of nitrogens with zero attached hydrogens (tertiary/aromatic N) is 1. The third kappa shape index (κ3) is 3.12. The number of carbonyl (C=O) groups is 1. The lowest BCUT2D eigenvalue weighted by atomic mass is 10.2. The third-order valence-corrected chi connectivity index (χ3v) is 3.65. The van der Waals surface area contributed by atoms with Gasteiger partial charge in [0.05, 0.1) is 12.0 Å². The van der Waals surface area contributed by atoms with Gasteiger partial charge in [0.25, 0.3) is 0 Å². The lowest BCUT2D eigenvalue weighted by molar-refractivity contribution is -0.383. The van der Waals surface area contributed by atoms with Crippen molar-refractivity contribution in [1.82, 2.24) is 0 Å². The molecule has 104 valence electrons. The summed E-state index contributed by atoms with van der Waals surface area (Å²) >= 11 is 1.01. The van der Waals surface area contributed by atoms with Gasteiger partial charge in [-0.1, -0.05) is 30.3 Å². The van der Waals surface area contributed by atoms with Gasteiger partial charge < -0.3 is 10.1 Å². The first-order valence-electron chi connectivity index (χ1n) is 5.76. The highest BCUT2D eigenvalue weighted by Crippen LogP contribution is 2.35. The molecule has 0 radical (unpaired) electrons. The normalized spacial score (nSPS) is 10.1. The van der Waals surface area contributed by atoms with Crippen LogP contribution in [0.15, 0.2) is 36.4 Å². The van der Waals surface area contributed by atoms with E-state index >= 15 is 0 Å². The van der Waals surface area contributed by atoms with E-state index in [0.717, 1.165) is 16.9 Å². The first kappa shape index (κ1) is 14.0. The largest absolute Gasteiger partial charge is 0.465 e. The van der Waals surface area contributed by atoms with E-state index in [4.69, 9.17) is 0 Å². The number of nitrogens with one attached hydrogen (secondary N) is 1. The topological polar surface area (TPSA) is 81.5 Å². The molecule has 0 aliphatic rings. The zero-order chi connectivity index (χ0) is 14.5. The van der Waals surface area contributed by atoms with E-state index in [9.17, 15) is 14.9 Å². The molecule has 0 saturated heterocycles. The number of carbonyl (C=O) groups excluding carboxylic acids is 1. The van der Waals surface area contributed by atoms with Crippen LogP contribution in [-0.4, -0.2) is 18.0 Å². The van der Waals surface area contributed by atoms with Crippen molar-refractivity contribution in [2.75, 3.05) is 12.4 Å². The summed E-state index contributed by atoms with van der Waals surface area (Å²) < 4.78 is 4.57. The van der Waals surface area contributed by atoms with E-state index in [1.807, 2.05) is 30.3 Å². The van der Waals surface area contributed by atoms with Crippen LogP contribution in [0.2, 0.25) is 0 Å².